The number of carbonyl (C=O) groups is 1. The Balaban J connectivity index is 2.22. The third kappa shape index (κ3) is 3.51. The maximum Gasteiger partial charge on any atom is 0.414 e. The van der Waals surface area contributed by atoms with Crippen LogP contribution in [0.3, 0.4) is 0 Å². The summed E-state index contributed by atoms with van der Waals surface area (Å²) < 4.78 is 5.48. The molecule has 20 heavy (non-hydrogen) atoms. The van der Waals surface area contributed by atoms with E-state index in [0.717, 1.165) is 31.5 Å². The third-order valence-electron chi connectivity index (χ3n) is 3.31. The Bertz CT molecular complexity index is 492. The Morgan fingerprint density at radius 3 is 2.80 bits per heavy atom. The molecule has 4 heteroatoms. The standard InChI is InChI=1S/C16H24N2O2/c1-16(2,3)20-15(19)18-10-4-5-13-11-12(8-9-17)6-7-14(13)18/h6-7,11H,4-5,8-10,17H2,1-3H3. The molecular formula is C16H24N2O2. The number of anilines is 1. The fourth-order valence-electron chi connectivity index (χ4n) is 2.48. The Labute approximate surface area is 120 Å². The van der Waals surface area contributed by atoms with Crippen LogP contribution >= 0.6 is 0 Å². The van der Waals surface area contributed by atoms with Gasteiger partial charge in [-0.2, -0.15) is 0 Å². The van der Waals surface area contributed by atoms with Gasteiger partial charge in [-0.15, -0.1) is 0 Å². The lowest BCUT2D eigenvalue weighted by Gasteiger charge is -2.32. The molecule has 0 fully saturated rings. The molecule has 1 aromatic rings. The molecular weight excluding hydrogens is 252 g/mol. The van der Waals surface area contributed by atoms with Gasteiger partial charge in [-0.1, -0.05) is 12.1 Å². The van der Waals surface area contributed by atoms with Crippen molar-refractivity contribution < 1.29 is 9.53 Å². The maximum atomic E-state index is 12.3. The Morgan fingerprint density at radius 1 is 1.40 bits per heavy atom. The fourth-order valence-corrected chi connectivity index (χ4v) is 2.48. The number of fused-ring (bicyclic) bond motifs is 1. The lowest BCUT2D eigenvalue weighted by Crippen LogP contribution is -2.39. The first-order valence-corrected chi connectivity index (χ1v) is 7.23. The Hall–Kier alpha value is -1.55. The molecule has 0 spiro atoms. The van der Waals surface area contributed by atoms with Crippen molar-refractivity contribution in [2.24, 2.45) is 5.73 Å². The highest BCUT2D eigenvalue weighted by Crippen LogP contribution is 2.29. The molecule has 0 radical (unpaired) electrons. The van der Waals surface area contributed by atoms with Gasteiger partial charge in [-0.3, -0.25) is 4.90 Å². The van der Waals surface area contributed by atoms with E-state index in [-0.39, 0.29) is 6.09 Å². The number of rotatable bonds is 2. The van der Waals surface area contributed by atoms with E-state index in [1.54, 1.807) is 4.90 Å². The van der Waals surface area contributed by atoms with Crippen LogP contribution in [0.25, 0.3) is 0 Å². The van der Waals surface area contributed by atoms with Crippen LogP contribution in [0.2, 0.25) is 0 Å². The number of benzene rings is 1. The summed E-state index contributed by atoms with van der Waals surface area (Å²) in [5.74, 6) is 0. The van der Waals surface area contributed by atoms with E-state index in [4.69, 9.17) is 10.5 Å². The average Bonchev–Trinajstić information content (AvgIpc) is 2.36. The third-order valence-corrected chi connectivity index (χ3v) is 3.31. The molecule has 110 valence electrons. The second-order valence-electron chi connectivity index (χ2n) is 6.24. The zero-order valence-electron chi connectivity index (χ0n) is 12.6. The van der Waals surface area contributed by atoms with Crippen molar-refractivity contribution in [2.75, 3.05) is 18.0 Å². The minimum absolute atomic E-state index is 0.259. The van der Waals surface area contributed by atoms with Gasteiger partial charge in [0.15, 0.2) is 0 Å². The first-order chi connectivity index (χ1) is 9.40. The van der Waals surface area contributed by atoms with Gasteiger partial charge in [0.1, 0.15) is 5.60 Å². The number of nitrogens with two attached hydrogens (primary N) is 1. The van der Waals surface area contributed by atoms with Crippen molar-refractivity contribution in [2.45, 2.75) is 45.6 Å². The summed E-state index contributed by atoms with van der Waals surface area (Å²) in [5, 5.41) is 0. The van der Waals surface area contributed by atoms with Crippen molar-refractivity contribution in [3.8, 4) is 0 Å². The van der Waals surface area contributed by atoms with Crippen LogP contribution in [-0.2, 0) is 17.6 Å². The van der Waals surface area contributed by atoms with Crippen molar-refractivity contribution in [3.05, 3.63) is 29.3 Å². The molecule has 1 aromatic carbocycles. The minimum atomic E-state index is -0.464. The molecule has 4 nitrogen and oxygen atoms in total. The monoisotopic (exact) mass is 276 g/mol. The Morgan fingerprint density at radius 2 is 2.15 bits per heavy atom. The highest BCUT2D eigenvalue weighted by Gasteiger charge is 2.27. The quantitative estimate of drug-likeness (QED) is 0.903. The SMILES string of the molecule is CC(C)(C)OC(=O)N1CCCc2cc(CCN)ccc21. The van der Waals surface area contributed by atoms with Crippen molar-refractivity contribution in [1.29, 1.82) is 0 Å². The number of carbonyl (C=O) groups excluding carboxylic acids is 1. The van der Waals surface area contributed by atoms with Crippen LogP contribution in [-0.4, -0.2) is 24.8 Å². The van der Waals surface area contributed by atoms with Gasteiger partial charge in [-0.25, -0.2) is 4.79 Å². The maximum absolute atomic E-state index is 12.3. The molecule has 1 heterocycles. The summed E-state index contributed by atoms with van der Waals surface area (Å²) in [7, 11) is 0. The van der Waals surface area contributed by atoms with Gasteiger partial charge < -0.3 is 10.5 Å². The molecule has 1 amide bonds. The predicted molar refractivity (Wildman–Crippen MR) is 81.1 cm³/mol. The molecule has 0 unspecified atom stereocenters. The van der Waals surface area contributed by atoms with E-state index in [9.17, 15) is 4.79 Å². The van der Waals surface area contributed by atoms with Gasteiger partial charge in [0.2, 0.25) is 0 Å². The summed E-state index contributed by atoms with van der Waals surface area (Å²) in [6.07, 6.45) is 2.59. The summed E-state index contributed by atoms with van der Waals surface area (Å²) in [4.78, 5) is 14.0. The predicted octanol–water partition coefficient (Wildman–Crippen LogP) is 2.88. The lowest BCUT2D eigenvalue weighted by atomic mass is 9.98. The van der Waals surface area contributed by atoms with Gasteiger partial charge in [0, 0.05) is 6.54 Å². The number of aryl methyl sites for hydroxylation is 1. The fraction of sp³-hybridized carbons (Fsp3) is 0.562. The van der Waals surface area contributed by atoms with E-state index in [0.29, 0.717) is 6.54 Å². The van der Waals surface area contributed by atoms with E-state index in [2.05, 4.69) is 6.07 Å². The van der Waals surface area contributed by atoms with Crippen LogP contribution in [0.15, 0.2) is 18.2 Å². The van der Waals surface area contributed by atoms with E-state index in [1.165, 1.54) is 11.1 Å². The number of hydrogen-bond donors (Lipinski definition) is 1. The van der Waals surface area contributed by atoms with Gasteiger partial charge in [0.05, 0.1) is 5.69 Å². The van der Waals surface area contributed by atoms with Crippen LogP contribution in [0.1, 0.15) is 38.3 Å². The number of amides is 1. The van der Waals surface area contributed by atoms with E-state index in [1.807, 2.05) is 32.9 Å². The highest BCUT2D eigenvalue weighted by atomic mass is 16.6. The number of nitrogens with zero attached hydrogens (tertiary/aromatic N) is 1. The minimum Gasteiger partial charge on any atom is -0.443 e. The molecule has 0 aliphatic carbocycles. The van der Waals surface area contributed by atoms with Crippen molar-refractivity contribution in [1.82, 2.24) is 0 Å². The van der Waals surface area contributed by atoms with E-state index < -0.39 is 5.60 Å². The van der Waals surface area contributed by atoms with Crippen LogP contribution in [0.4, 0.5) is 10.5 Å². The summed E-state index contributed by atoms with van der Waals surface area (Å²) >= 11 is 0. The summed E-state index contributed by atoms with van der Waals surface area (Å²) in [6, 6.07) is 6.23. The van der Waals surface area contributed by atoms with Crippen LogP contribution in [0.5, 0.6) is 0 Å². The van der Waals surface area contributed by atoms with Crippen LogP contribution < -0.4 is 10.6 Å². The van der Waals surface area contributed by atoms with Gasteiger partial charge >= 0.3 is 6.09 Å². The van der Waals surface area contributed by atoms with Gasteiger partial charge in [-0.05, 0) is 63.8 Å². The van der Waals surface area contributed by atoms with Crippen molar-refractivity contribution in [3.63, 3.8) is 0 Å². The number of hydrogen-bond acceptors (Lipinski definition) is 3. The molecule has 1 aliphatic heterocycles. The largest absolute Gasteiger partial charge is 0.443 e. The molecule has 1 aliphatic rings. The molecule has 0 atom stereocenters. The molecule has 0 saturated carbocycles. The summed E-state index contributed by atoms with van der Waals surface area (Å²) in [6.45, 7) is 7.03. The second kappa shape index (κ2) is 5.83. The Kier molecular flexibility index (Phi) is 4.33. The highest BCUT2D eigenvalue weighted by molar-refractivity contribution is 5.89. The summed E-state index contributed by atoms with van der Waals surface area (Å²) in [5.41, 5.74) is 8.56. The zero-order valence-corrected chi connectivity index (χ0v) is 12.6. The molecule has 0 aromatic heterocycles. The first-order valence-electron chi connectivity index (χ1n) is 7.23. The van der Waals surface area contributed by atoms with Crippen molar-refractivity contribution >= 4 is 11.8 Å². The lowest BCUT2D eigenvalue weighted by molar-refractivity contribution is 0.0578. The van der Waals surface area contributed by atoms with E-state index >= 15 is 0 Å². The molecule has 2 rings (SSSR count). The second-order valence-corrected chi connectivity index (χ2v) is 6.24. The molecule has 0 bridgehead atoms. The number of ether oxygens (including phenoxy) is 1. The smallest absolute Gasteiger partial charge is 0.414 e. The zero-order chi connectivity index (χ0) is 14.8. The topological polar surface area (TPSA) is 55.6 Å². The normalized spacial score (nSPS) is 14.9. The average molecular weight is 276 g/mol. The first kappa shape index (κ1) is 14.9. The van der Waals surface area contributed by atoms with Crippen LogP contribution in [0, 0.1) is 0 Å². The van der Waals surface area contributed by atoms with Gasteiger partial charge in [0.25, 0.3) is 0 Å². The molecule has 2 N–H and O–H groups in total. The molecule has 0 saturated heterocycles.